The van der Waals surface area contributed by atoms with Crippen LogP contribution < -0.4 is 19.1 Å². The van der Waals surface area contributed by atoms with Crippen molar-refractivity contribution in [1.82, 2.24) is 5.32 Å². The minimum Gasteiger partial charge on any atom is -0.486 e. The van der Waals surface area contributed by atoms with Crippen molar-refractivity contribution >= 4 is 21.6 Å². The Hall–Kier alpha value is -2.74. The third-order valence-electron chi connectivity index (χ3n) is 4.80. The zero-order valence-electron chi connectivity index (χ0n) is 16.8. The minimum absolute atomic E-state index is 0.201. The number of hydrogen-bond acceptors (Lipinski definition) is 5. The minimum atomic E-state index is -3.72. The van der Waals surface area contributed by atoms with E-state index in [0.29, 0.717) is 36.8 Å². The highest BCUT2D eigenvalue weighted by molar-refractivity contribution is 7.92. The zero-order valence-corrected chi connectivity index (χ0v) is 17.6. The molecule has 1 aliphatic rings. The van der Waals surface area contributed by atoms with Crippen LogP contribution in [0, 0.1) is 0 Å². The Morgan fingerprint density at radius 2 is 1.76 bits per heavy atom. The second-order valence-electron chi connectivity index (χ2n) is 6.94. The van der Waals surface area contributed by atoms with Gasteiger partial charge in [0, 0.05) is 6.07 Å². The molecule has 0 saturated carbocycles. The molecule has 0 radical (unpaired) electrons. The summed E-state index contributed by atoms with van der Waals surface area (Å²) in [5.41, 5.74) is 1.33. The fourth-order valence-corrected chi connectivity index (χ4v) is 4.54. The van der Waals surface area contributed by atoms with Crippen LogP contribution in [0.3, 0.4) is 0 Å². The molecule has 8 heteroatoms. The predicted molar refractivity (Wildman–Crippen MR) is 112 cm³/mol. The van der Waals surface area contributed by atoms with Gasteiger partial charge < -0.3 is 14.8 Å². The van der Waals surface area contributed by atoms with Gasteiger partial charge in [-0.25, -0.2) is 8.42 Å². The lowest BCUT2D eigenvalue weighted by Gasteiger charge is -2.30. The molecule has 2 aromatic rings. The molecule has 3 rings (SSSR count). The molecule has 2 unspecified atom stereocenters. The first-order valence-electron chi connectivity index (χ1n) is 9.55. The summed E-state index contributed by atoms with van der Waals surface area (Å²) in [5.74, 6) is 0.646. The van der Waals surface area contributed by atoms with Gasteiger partial charge in [0.05, 0.1) is 18.0 Å². The van der Waals surface area contributed by atoms with Gasteiger partial charge in [0.25, 0.3) is 0 Å². The van der Waals surface area contributed by atoms with E-state index < -0.39 is 16.1 Å². The molecule has 1 amide bonds. The topological polar surface area (TPSA) is 84.9 Å². The van der Waals surface area contributed by atoms with E-state index in [1.165, 1.54) is 0 Å². The molecule has 0 spiro atoms. The molecule has 1 heterocycles. The number of anilines is 1. The first-order chi connectivity index (χ1) is 13.8. The van der Waals surface area contributed by atoms with Gasteiger partial charge in [-0.05, 0) is 31.0 Å². The van der Waals surface area contributed by atoms with E-state index in [9.17, 15) is 13.2 Å². The van der Waals surface area contributed by atoms with Crippen molar-refractivity contribution in [2.24, 2.45) is 0 Å². The first-order valence-corrected chi connectivity index (χ1v) is 11.4. The van der Waals surface area contributed by atoms with Gasteiger partial charge in [-0.3, -0.25) is 9.10 Å². The van der Waals surface area contributed by atoms with Crippen LogP contribution in [-0.2, 0) is 14.8 Å². The largest absolute Gasteiger partial charge is 0.486 e. The lowest BCUT2D eigenvalue weighted by molar-refractivity contribution is -0.122. The van der Waals surface area contributed by atoms with E-state index in [-0.39, 0.29) is 11.9 Å². The number of hydrogen-bond donors (Lipinski definition) is 1. The van der Waals surface area contributed by atoms with E-state index in [2.05, 4.69) is 5.32 Å². The van der Waals surface area contributed by atoms with Gasteiger partial charge in [0.1, 0.15) is 19.3 Å². The molecule has 2 atom stereocenters. The zero-order chi connectivity index (χ0) is 21.0. The van der Waals surface area contributed by atoms with E-state index >= 15 is 0 Å². The maximum absolute atomic E-state index is 13.0. The van der Waals surface area contributed by atoms with Crippen LogP contribution >= 0.6 is 0 Å². The molecule has 0 aromatic heterocycles. The number of sulfonamides is 1. The SMILES string of the molecule is CCC(NC(=O)C(C)N(c1ccc2c(c1)OCCO2)S(C)(=O)=O)c1ccccc1. The fraction of sp³-hybridized carbons (Fsp3) is 0.381. The van der Waals surface area contributed by atoms with Crippen LogP contribution in [0.25, 0.3) is 0 Å². The third-order valence-corrected chi connectivity index (χ3v) is 6.04. The van der Waals surface area contributed by atoms with Crippen molar-refractivity contribution in [2.45, 2.75) is 32.4 Å². The molecule has 2 aromatic carbocycles. The maximum Gasteiger partial charge on any atom is 0.244 e. The second kappa shape index (κ2) is 8.73. The number of carbonyl (C=O) groups is 1. The average molecular weight is 419 g/mol. The van der Waals surface area contributed by atoms with Crippen LogP contribution in [-0.4, -0.2) is 39.8 Å². The Bertz CT molecular complexity index is 962. The van der Waals surface area contributed by atoms with Gasteiger partial charge in [0.15, 0.2) is 11.5 Å². The summed E-state index contributed by atoms with van der Waals surface area (Å²) in [6.07, 6.45) is 1.77. The van der Waals surface area contributed by atoms with E-state index in [4.69, 9.17) is 9.47 Å². The summed E-state index contributed by atoms with van der Waals surface area (Å²) < 4.78 is 37.3. The molecule has 1 aliphatic heterocycles. The molecular formula is C21H26N2O5S. The highest BCUT2D eigenvalue weighted by Crippen LogP contribution is 2.35. The number of ether oxygens (including phenoxy) is 2. The van der Waals surface area contributed by atoms with Gasteiger partial charge >= 0.3 is 0 Å². The standard InChI is InChI=1S/C21H26N2O5S/c1-4-18(16-8-6-5-7-9-16)22-21(24)15(2)23(29(3,25)26)17-10-11-19-20(14-17)28-13-12-27-19/h5-11,14-15,18H,4,12-13H2,1-3H3,(H,22,24). The van der Waals surface area contributed by atoms with Crippen molar-refractivity contribution < 1.29 is 22.7 Å². The monoisotopic (exact) mass is 418 g/mol. The van der Waals surface area contributed by atoms with Crippen molar-refractivity contribution in [3.8, 4) is 11.5 Å². The third kappa shape index (κ3) is 4.82. The lowest BCUT2D eigenvalue weighted by Crippen LogP contribution is -2.48. The number of carbonyl (C=O) groups excluding carboxylic acids is 1. The summed E-state index contributed by atoms with van der Waals surface area (Å²) in [7, 11) is -3.72. The number of amides is 1. The molecule has 0 bridgehead atoms. The molecule has 0 fully saturated rings. The van der Waals surface area contributed by atoms with Crippen molar-refractivity contribution in [3.63, 3.8) is 0 Å². The van der Waals surface area contributed by atoms with E-state index in [1.807, 2.05) is 37.3 Å². The Kier molecular flexibility index (Phi) is 6.32. The van der Waals surface area contributed by atoms with Gasteiger partial charge in [-0.15, -0.1) is 0 Å². The Morgan fingerprint density at radius 3 is 2.38 bits per heavy atom. The molecular weight excluding hydrogens is 392 g/mol. The molecule has 29 heavy (non-hydrogen) atoms. The molecule has 156 valence electrons. The molecule has 0 aliphatic carbocycles. The van der Waals surface area contributed by atoms with Crippen molar-refractivity contribution in [2.75, 3.05) is 23.8 Å². The summed E-state index contributed by atoms with van der Waals surface area (Å²) in [4.78, 5) is 13.0. The smallest absolute Gasteiger partial charge is 0.244 e. The Morgan fingerprint density at radius 1 is 1.10 bits per heavy atom. The van der Waals surface area contributed by atoms with Crippen LogP contribution in [0.15, 0.2) is 48.5 Å². The van der Waals surface area contributed by atoms with Gasteiger partial charge in [0.2, 0.25) is 15.9 Å². The number of fused-ring (bicyclic) bond motifs is 1. The number of benzene rings is 2. The fourth-order valence-electron chi connectivity index (χ4n) is 3.38. The number of nitrogens with one attached hydrogen (secondary N) is 1. The van der Waals surface area contributed by atoms with Gasteiger partial charge in [-0.2, -0.15) is 0 Å². The van der Waals surface area contributed by atoms with Gasteiger partial charge in [-0.1, -0.05) is 37.3 Å². The summed E-state index contributed by atoms with van der Waals surface area (Å²) in [5, 5.41) is 2.97. The maximum atomic E-state index is 13.0. The highest BCUT2D eigenvalue weighted by atomic mass is 32.2. The molecule has 7 nitrogen and oxygen atoms in total. The van der Waals surface area contributed by atoms with Crippen molar-refractivity contribution in [1.29, 1.82) is 0 Å². The van der Waals surface area contributed by atoms with E-state index in [0.717, 1.165) is 16.1 Å². The quantitative estimate of drug-likeness (QED) is 0.747. The van der Waals surface area contributed by atoms with Crippen LogP contribution in [0.2, 0.25) is 0 Å². The normalized spacial score (nSPS) is 15.3. The highest BCUT2D eigenvalue weighted by Gasteiger charge is 2.31. The Balaban J connectivity index is 1.86. The van der Waals surface area contributed by atoms with Crippen LogP contribution in [0.4, 0.5) is 5.69 Å². The molecule has 1 N–H and O–H groups in total. The number of rotatable bonds is 7. The lowest BCUT2D eigenvalue weighted by atomic mass is 10.0. The molecule has 0 saturated heterocycles. The second-order valence-corrected chi connectivity index (χ2v) is 8.80. The number of nitrogens with zero attached hydrogens (tertiary/aromatic N) is 1. The summed E-state index contributed by atoms with van der Waals surface area (Å²) >= 11 is 0. The van der Waals surface area contributed by atoms with Crippen molar-refractivity contribution in [3.05, 3.63) is 54.1 Å². The average Bonchev–Trinajstić information content (AvgIpc) is 2.71. The first kappa shape index (κ1) is 21.0. The van der Waals surface area contributed by atoms with Crippen LogP contribution in [0.5, 0.6) is 11.5 Å². The van der Waals surface area contributed by atoms with Crippen LogP contribution in [0.1, 0.15) is 31.9 Å². The summed E-state index contributed by atoms with van der Waals surface area (Å²) in [6, 6.07) is 13.3. The predicted octanol–water partition coefficient (Wildman–Crippen LogP) is 2.88. The summed E-state index contributed by atoms with van der Waals surface area (Å²) in [6.45, 7) is 4.38. The Labute approximate surface area is 171 Å². The van der Waals surface area contributed by atoms with E-state index in [1.54, 1.807) is 25.1 Å².